The van der Waals surface area contributed by atoms with E-state index in [1.165, 1.54) is 11.3 Å². The summed E-state index contributed by atoms with van der Waals surface area (Å²) < 4.78 is 6.48. The Balaban J connectivity index is 2.25. The van der Waals surface area contributed by atoms with Gasteiger partial charge in [-0.25, -0.2) is 0 Å². The number of esters is 1. The van der Waals surface area contributed by atoms with Crippen molar-refractivity contribution in [3.63, 3.8) is 0 Å². The fourth-order valence-corrected chi connectivity index (χ4v) is 3.33. The molecule has 0 aliphatic heterocycles. The molecule has 0 fully saturated rings. The number of carbonyl (C=O) groups excluding carboxylic acids is 1. The van der Waals surface area contributed by atoms with Crippen molar-refractivity contribution in [2.24, 2.45) is 5.73 Å². The van der Waals surface area contributed by atoms with E-state index in [0.717, 1.165) is 32.9 Å². The summed E-state index contributed by atoms with van der Waals surface area (Å²) in [5.74, 6) is -0.131. The minimum Gasteiger partial charge on any atom is -0.466 e. The molecule has 1 rings (SSSR count). The number of halogens is 2. The van der Waals surface area contributed by atoms with Gasteiger partial charge in [-0.05, 0) is 41.8 Å². The molecular weight excluding hydrogens is 338 g/mol. The lowest BCUT2D eigenvalue weighted by Crippen LogP contribution is -2.09. The Morgan fingerprint density at radius 1 is 1.61 bits per heavy atom. The summed E-state index contributed by atoms with van der Waals surface area (Å²) in [6.45, 7) is 2.26. The van der Waals surface area contributed by atoms with Gasteiger partial charge in [-0.3, -0.25) is 4.79 Å². The van der Waals surface area contributed by atoms with Gasteiger partial charge >= 0.3 is 5.97 Å². The zero-order valence-electron chi connectivity index (χ0n) is 10.2. The lowest BCUT2D eigenvalue weighted by atomic mass is 10.1. The zero-order valence-corrected chi connectivity index (χ0v) is 13.4. The predicted molar refractivity (Wildman–Crippen MR) is 79.1 cm³/mol. The number of carbonyl (C=O) groups is 1. The third-order valence-corrected chi connectivity index (χ3v) is 5.09. The molecule has 0 amide bonds. The maximum absolute atomic E-state index is 11.1. The molecule has 0 saturated carbocycles. The smallest absolute Gasteiger partial charge is 0.305 e. The molecule has 1 aromatic heterocycles. The molecule has 0 aliphatic rings. The molecule has 0 aliphatic carbocycles. The Bertz CT molecular complexity index is 378. The molecule has 6 heteroatoms. The van der Waals surface area contributed by atoms with Crippen molar-refractivity contribution in [3.05, 3.63) is 19.8 Å². The second-order valence-corrected chi connectivity index (χ2v) is 6.47. The van der Waals surface area contributed by atoms with Crippen LogP contribution in [0.15, 0.2) is 10.5 Å². The topological polar surface area (TPSA) is 52.3 Å². The van der Waals surface area contributed by atoms with Crippen LogP contribution < -0.4 is 5.73 Å². The minimum atomic E-state index is -0.131. The van der Waals surface area contributed by atoms with Gasteiger partial charge in [0, 0.05) is 21.8 Å². The Morgan fingerprint density at radius 3 is 2.89 bits per heavy atom. The van der Waals surface area contributed by atoms with Crippen LogP contribution >= 0.6 is 38.9 Å². The number of unbranched alkanes of at least 4 members (excludes halogenated alkanes) is 1. The van der Waals surface area contributed by atoms with Crippen molar-refractivity contribution in [1.82, 2.24) is 0 Å². The Morgan fingerprint density at radius 2 is 2.33 bits per heavy atom. The quantitative estimate of drug-likeness (QED) is 0.587. The number of nitrogens with two attached hydrogens (primary N) is 1. The molecular formula is C12H17BrClNO2S. The molecule has 0 radical (unpaired) electrons. The number of ether oxygens (including phenoxy) is 1. The Hall–Kier alpha value is -0.100. The number of thiophene rings is 1. The van der Waals surface area contributed by atoms with Crippen LogP contribution in [0, 0.1) is 0 Å². The molecule has 0 saturated heterocycles. The monoisotopic (exact) mass is 353 g/mol. The number of hydrogen-bond donors (Lipinski definition) is 1. The molecule has 0 spiro atoms. The highest BCUT2D eigenvalue weighted by molar-refractivity contribution is 9.10. The normalized spacial score (nSPS) is 12.4. The highest BCUT2D eigenvalue weighted by atomic mass is 79.9. The van der Waals surface area contributed by atoms with Crippen LogP contribution in [0.1, 0.15) is 43.5 Å². The van der Waals surface area contributed by atoms with Gasteiger partial charge in [0.1, 0.15) is 4.34 Å². The van der Waals surface area contributed by atoms with Crippen molar-refractivity contribution in [3.8, 4) is 0 Å². The zero-order chi connectivity index (χ0) is 13.5. The van der Waals surface area contributed by atoms with E-state index < -0.39 is 0 Å². The van der Waals surface area contributed by atoms with Gasteiger partial charge in [-0.1, -0.05) is 18.0 Å². The second kappa shape index (κ2) is 8.15. The largest absolute Gasteiger partial charge is 0.466 e. The van der Waals surface area contributed by atoms with Gasteiger partial charge in [0.25, 0.3) is 0 Å². The molecule has 1 atom stereocenters. The first-order valence-corrected chi connectivity index (χ1v) is 7.89. The lowest BCUT2D eigenvalue weighted by Gasteiger charge is -2.08. The first-order valence-electron chi connectivity index (χ1n) is 5.90. The van der Waals surface area contributed by atoms with Crippen LogP contribution in [0.2, 0.25) is 4.34 Å². The van der Waals surface area contributed by atoms with Gasteiger partial charge in [0.2, 0.25) is 0 Å². The van der Waals surface area contributed by atoms with E-state index in [0.29, 0.717) is 13.0 Å². The maximum Gasteiger partial charge on any atom is 0.305 e. The van der Waals surface area contributed by atoms with Crippen LogP contribution in [0.5, 0.6) is 0 Å². The van der Waals surface area contributed by atoms with Gasteiger partial charge in [0.05, 0.1) is 6.61 Å². The average molecular weight is 355 g/mol. The lowest BCUT2D eigenvalue weighted by molar-refractivity contribution is -0.143. The Labute approximate surface area is 125 Å². The summed E-state index contributed by atoms with van der Waals surface area (Å²) >= 11 is 10.8. The summed E-state index contributed by atoms with van der Waals surface area (Å²) in [4.78, 5) is 12.2. The molecule has 0 bridgehead atoms. The second-order valence-electron chi connectivity index (χ2n) is 3.93. The van der Waals surface area contributed by atoms with Crippen LogP contribution in [0.25, 0.3) is 0 Å². The average Bonchev–Trinajstić information content (AvgIpc) is 2.65. The molecule has 0 aromatic carbocycles. The van der Waals surface area contributed by atoms with Gasteiger partial charge in [-0.2, -0.15) is 0 Å². The van der Waals surface area contributed by atoms with Gasteiger partial charge in [-0.15, -0.1) is 11.3 Å². The van der Waals surface area contributed by atoms with Crippen LogP contribution in [0.4, 0.5) is 0 Å². The highest BCUT2D eigenvalue weighted by Gasteiger charge is 2.12. The van der Waals surface area contributed by atoms with Crippen LogP contribution in [-0.2, 0) is 9.53 Å². The van der Waals surface area contributed by atoms with Crippen molar-refractivity contribution in [2.75, 3.05) is 6.61 Å². The maximum atomic E-state index is 11.1. The molecule has 1 aromatic rings. The van der Waals surface area contributed by atoms with E-state index in [2.05, 4.69) is 15.9 Å². The van der Waals surface area contributed by atoms with Crippen molar-refractivity contribution < 1.29 is 9.53 Å². The number of hydrogen-bond acceptors (Lipinski definition) is 4. The molecule has 2 N–H and O–H groups in total. The van der Waals surface area contributed by atoms with E-state index in [1.54, 1.807) is 0 Å². The van der Waals surface area contributed by atoms with Crippen molar-refractivity contribution >= 4 is 44.8 Å². The van der Waals surface area contributed by atoms with Crippen LogP contribution in [-0.4, -0.2) is 12.6 Å². The summed E-state index contributed by atoms with van der Waals surface area (Å²) in [6.07, 6.45) is 3.04. The van der Waals surface area contributed by atoms with E-state index in [9.17, 15) is 4.79 Å². The van der Waals surface area contributed by atoms with E-state index >= 15 is 0 Å². The fraction of sp³-hybridized carbons (Fsp3) is 0.583. The third kappa shape index (κ3) is 5.26. The van der Waals surface area contributed by atoms with Gasteiger partial charge < -0.3 is 10.5 Å². The first kappa shape index (κ1) is 16.0. The molecule has 1 unspecified atom stereocenters. The summed E-state index contributed by atoms with van der Waals surface area (Å²) in [6, 6.07) is 1.95. The molecule has 18 heavy (non-hydrogen) atoms. The Kier molecular flexibility index (Phi) is 7.22. The summed E-state index contributed by atoms with van der Waals surface area (Å²) in [5.41, 5.74) is 6.07. The first-order chi connectivity index (χ1) is 8.54. The minimum absolute atomic E-state index is 0.0130. The van der Waals surface area contributed by atoms with Crippen molar-refractivity contribution in [2.45, 2.75) is 38.6 Å². The number of rotatable bonds is 7. The summed E-state index contributed by atoms with van der Waals surface area (Å²) in [7, 11) is 0. The molecule has 3 nitrogen and oxygen atoms in total. The fourth-order valence-electron chi connectivity index (χ4n) is 1.56. The van der Waals surface area contributed by atoms with E-state index in [4.69, 9.17) is 22.1 Å². The van der Waals surface area contributed by atoms with Gasteiger partial charge in [0.15, 0.2) is 0 Å². The van der Waals surface area contributed by atoms with Crippen molar-refractivity contribution in [1.29, 1.82) is 0 Å². The summed E-state index contributed by atoms with van der Waals surface area (Å²) in [5, 5.41) is 0. The van der Waals surface area contributed by atoms with E-state index in [-0.39, 0.29) is 12.0 Å². The standard InChI is InChI=1S/C12H17BrClNO2S/c1-2-17-11(16)6-4-3-5-9(15)10-7-8(13)12(14)18-10/h7,9H,2-6,15H2,1H3. The predicted octanol–water partition coefficient (Wildman–Crippen LogP) is 4.29. The van der Waals surface area contributed by atoms with Crippen LogP contribution in [0.3, 0.4) is 0 Å². The molecule has 102 valence electrons. The van der Waals surface area contributed by atoms with E-state index in [1.807, 2.05) is 13.0 Å². The SMILES string of the molecule is CCOC(=O)CCCCC(N)c1cc(Br)c(Cl)s1. The highest BCUT2D eigenvalue weighted by Crippen LogP contribution is 2.35. The third-order valence-electron chi connectivity index (χ3n) is 2.48. The molecule has 1 heterocycles.